The van der Waals surface area contributed by atoms with E-state index in [9.17, 15) is 19.2 Å². The van der Waals surface area contributed by atoms with Crippen molar-refractivity contribution in [2.75, 3.05) is 6.61 Å². The molecule has 3 fully saturated rings. The molecule has 4 rings (SSSR count). The van der Waals surface area contributed by atoms with E-state index in [4.69, 9.17) is 20.9 Å². The van der Waals surface area contributed by atoms with Gasteiger partial charge >= 0.3 is 12.2 Å². The van der Waals surface area contributed by atoms with Gasteiger partial charge in [-0.25, -0.2) is 9.59 Å². The van der Waals surface area contributed by atoms with E-state index in [1.165, 1.54) is 5.57 Å². The molecular weight excluding hydrogens is 400 g/mol. The second kappa shape index (κ2) is 7.35. The molecule has 3 saturated carbocycles. The fourth-order valence-corrected chi connectivity index (χ4v) is 7.67. The lowest BCUT2D eigenvalue weighted by atomic mass is 9.46. The van der Waals surface area contributed by atoms with Gasteiger partial charge in [-0.05, 0) is 74.2 Å². The van der Waals surface area contributed by atoms with Crippen LogP contribution in [0, 0.1) is 28.6 Å². The molecule has 5 unspecified atom stereocenters. The van der Waals surface area contributed by atoms with E-state index in [1.807, 2.05) is 13.0 Å². The lowest BCUT2D eigenvalue weighted by Gasteiger charge is -2.59. The first-order valence-corrected chi connectivity index (χ1v) is 11.2. The highest BCUT2D eigenvalue weighted by Crippen LogP contribution is 2.68. The molecule has 0 spiro atoms. The molecule has 0 aromatic carbocycles. The summed E-state index contributed by atoms with van der Waals surface area (Å²) in [6.07, 6.45) is 5.81. The number of allylic oxidation sites excluding steroid dienone is 1. The van der Waals surface area contributed by atoms with Gasteiger partial charge in [-0.2, -0.15) is 0 Å². The SMILES string of the molecule is CC12CCC(=O)C=C1CCC1C2CCC2(C)C1CC[C@]2(OC(N)=O)C(=O)COC(N)=O. The van der Waals surface area contributed by atoms with Crippen molar-refractivity contribution in [2.45, 2.75) is 70.8 Å². The summed E-state index contributed by atoms with van der Waals surface area (Å²) >= 11 is 0. The maximum Gasteiger partial charge on any atom is 0.405 e. The van der Waals surface area contributed by atoms with Crippen LogP contribution in [-0.4, -0.2) is 36.0 Å². The number of primary amides is 2. The zero-order valence-corrected chi connectivity index (χ0v) is 18.3. The summed E-state index contributed by atoms with van der Waals surface area (Å²) in [5, 5.41) is 0. The van der Waals surface area contributed by atoms with Crippen LogP contribution in [0.15, 0.2) is 11.6 Å². The zero-order valence-electron chi connectivity index (χ0n) is 18.3. The van der Waals surface area contributed by atoms with Crippen LogP contribution in [0.5, 0.6) is 0 Å². The summed E-state index contributed by atoms with van der Waals surface area (Å²) in [7, 11) is 0. The van der Waals surface area contributed by atoms with E-state index < -0.39 is 35.6 Å². The van der Waals surface area contributed by atoms with Crippen molar-refractivity contribution in [3.8, 4) is 0 Å². The minimum absolute atomic E-state index is 0.00698. The van der Waals surface area contributed by atoms with Gasteiger partial charge in [-0.15, -0.1) is 0 Å². The van der Waals surface area contributed by atoms with Crippen molar-refractivity contribution < 1.29 is 28.7 Å². The van der Waals surface area contributed by atoms with Crippen LogP contribution in [0.2, 0.25) is 0 Å². The molecule has 4 aliphatic rings. The second-order valence-electron chi connectivity index (χ2n) is 10.2. The van der Waals surface area contributed by atoms with E-state index in [0.29, 0.717) is 31.1 Å². The molecule has 0 heterocycles. The molecule has 0 aromatic rings. The van der Waals surface area contributed by atoms with Gasteiger partial charge in [0.1, 0.15) is 0 Å². The molecule has 31 heavy (non-hydrogen) atoms. The van der Waals surface area contributed by atoms with Crippen LogP contribution >= 0.6 is 0 Å². The normalized spacial score (nSPS) is 41.3. The number of Topliss-reactive ketones (excluding diaryl/α,β-unsaturated/α-hetero) is 1. The Kier molecular flexibility index (Phi) is 5.17. The molecule has 0 saturated heterocycles. The molecule has 0 aliphatic heterocycles. The van der Waals surface area contributed by atoms with E-state index in [1.54, 1.807) is 0 Å². The highest BCUT2D eigenvalue weighted by atomic mass is 16.6. The molecule has 0 radical (unpaired) electrons. The number of fused-ring (bicyclic) bond motifs is 5. The number of hydrogen-bond acceptors (Lipinski definition) is 6. The van der Waals surface area contributed by atoms with Gasteiger partial charge in [0.2, 0.25) is 5.78 Å². The Morgan fingerprint density at radius 3 is 2.39 bits per heavy atom. The lowest BCUT2D eigenvalue weighted by molar-refractivity contribution is -0.164. The molecule has 6 atom stereocenters. The molecule has 8 nitrogen and oxygen atoms in total. The minimum Gasteiger partial charge on any atom is -0.442 e. The Bertz CT molecular complexity index is 868. The first-order chi connectivity index (χ1) is 14.5. The first kappa shape index (κ1) is 21.8. The average molecular weight is 433 g/mol. The Morgan fingerprint density at radius 1 is 1.00 bits per heavy atom. The summed E-state index contributed by atoms with van der Waals surface area (Å²) in [6, 6.07) is 0. The molecule has 8 heteroatoms. The number of ether oxygens (including phenoxy) is 2. The summed E-state index contributed by atoms with van der Waals surface area (Å²) < 4.78 is 10.4. The summed E-state index contributed by atoms with van der Waals surface area (Å²) in [4.78, 5) is 48.2. The Hall–Kier alpha value is -2.38. The molecule has 2 amide bonds. The minimum atomic E-state index is -1.41. The third-order valence-corrected chi connectivity index (χ3v) is 9.15. The third kappa shape index (κ3) is 3.17. The predicted molar refractivity (Wildman–Crippen MR) is 111 cm³/mol. The molecular formula is C23H32N2O6. The lowest BCUT2D eigenvalue weighted by Crippen LogP contribution is -2.60. The predicted octanol–water partition coefficient (Wildman–Crippen LogP) is 3.02. The molecule has 4 aliphatic carbocycles. The standard InChI is InChI=1S/C23H32N2O6/c1-21-8-5-14(26)11-13(21)3-4-15-16(21)6-9-22(2)17(15)7-10-23(22,31-20(25)29)18(27)12-30-19(24)28/h11,15-17H,3-10,12H2,1-2H3,(H2,24,28)(H2,25,29)/t15?,16?,17?,21?,22?,23-/m0/s1. The van der Waals surface area contributed by atoms with Gasteiger partial charge in [-0.1, -0.05) is 19.4 Å². The Morgan fingerprint density at radius 2 is 1.71 bits per heavy atom. The largest absolute Gasteiger partial charge is 0.442 e. The third-order valence-electron chi connectivity index (χ3n) is 9.15. The molecule has 170 valence electrons. The highest BCUT2D eigenvalue weighted by Gasteiger charge is 2.68. The van der Waals surface area contributed by atoms with Gasteiger partial charge in [0.25, 0.3) is 0 Å². The van der Waals surface area contributed by atoms with Crippen molar-refractivity contribution in [1.29, 1.82) is 0 Å². The molecule has 4 N–H and O–H groups in total. The van der Waals surface area contributed by atoms with Crippen molar-refractivity contribution in [2.24, 2.45) is 40.1 Å². The van der Waals surface area contributed by atoms with E-state index in [-0.39, 0.29) is 17.1 Å². The van der Waals surface area contributed by atoms with Gasteiger partial charge in [0.15, 0.2) is 18.0 Å². The summed E-state index contributed by atoms with van der Waals surface area (Å²) in [6.45, 7) is 3.77. The quantitative estimate of drug-likeness (QED) is 0.700. The van der Waals surface area contributed by atoms with Gasteiger partial charge < -0.3 is 20.9 Å². The molecule has 0 bridgehead atoms. The monoisotopic (exact) mass is 432 g/mol. The van der Waals surface area contributed by atoms with Crippen molar-refractivity contribution in [1.82, 2.24) is 0 Å². The number of rotatable bonds is 4. The summed E-state index contributed by atoms with van der Waals surface area (Å²) in [5.74, 6) is 0.747. The maximum atomic E-state index is 13.2. The zero-order chi connectivity index (χ0) is 22.6. The van der Waals surface area contributed by atoms with Crippen molar-refractivity contribution in [3.05, 3.63) is 11.6 Å². The van der Waals surface area contributed by atoms with Crippen LogP contribution in [0.1, 0.15) is 65.2 Å². The Balaban J connectivity index is 1.67. The van der Waals surface area contributed by atoms with Gasteiger partial charge in [0.05, 0.1) is 0 Å². The van der Waals surface area contributed by atoms with Crippen molar-refractivity contribution >= 4 is 23.8 Å². The average Bonchev–Trinajstić information content (AvgIpc) is 2.99. The number of amides is 2. The van der Waals surface area contributed by atoms with Crippen LogP contribution in [0.3, 0.4) is 0 Å². The number of nitrogens with two attached hydrogens (primary N) is 2. The number of carbonyl (C=O) groups is 4. The number of carbonyl (C=O) groups excluding carboxylic acids is 4. The number of hydrogen-bond donors (Lipinski definition) is 2. The highest BCUT2D eigenvalue weighted by molar-refractivity contribution is 5.93. The fraction of sp³-hybridized carbons (Fsp3) is 0.739. The van der Waals surface area contributed by atoms with Gasteiger partial charge in [0, 0.05) is 11.8 Å². The first-order valence-electron chi connectivity index (χ1n) is 11.2. The fourth-order valence-electron chi connectivity index (χ4n) is 7.67. The summed E-state index contributed by atoms with van der Waals surface area (Å²) in [5.41, 5.74) is 9.72. The van der Waals surface area contributed by atoms with Crippen molar-refractivity contribution in [3.63, 3.8) is 0 Å². The van der Waals surface area contributed by atoms with Crippen LogP contribution in [0.4, 0.5) is 9.59 Å². The van der Waals surface area contributed by atoms with Gasteiger partial charge in [-0.3, -0.25) is 9.59 Å². The van der Waals surface area contributed by atoms with E-state index >= 15 is 0 Å². The second-order valence-corrected chi connectivity index (χ2v) is 10.2. The Labute approximate surface area is 182 Å². The van der Waals surface area contributed by atoms with E-state index in [2.05, 4.69) is 6.92 Å². The van der Waals surface area contributed by atoms with Crippen LogP contribution in [0.25, 0.3) is 0 Å². The smallest absolute Gasteiger partial charge is 0.405 e. The number of ketones is 2. The molecule has 0 aromatic heterocycles. The van der Waals surface area contributed by atoms with Crippen LogP contribution in [-0.2, 0) is 19.1 Å². The maximum absolute atomic E-state index is 13.2. The van der Waals surface area contributed by atoms with Crippen LogP contribution < -0.4 is 11.5 Å². The topological polar surface area (TPSA) is 139 Å². The van der Waals surface area contributed by atoms with E-state index in [0.717, 1.165) is 32.1 Å².